The summed E-state index contributed by atoms with van der Waals surface area (Å²) in [5, 5.41) is 5.16. The quantitative estimate of drug-likeness (QED) is 0.708. The summed E-state index contributed by atoms with van der Waals surface area (Å²) >= 11 is 3.46. The smallest absolute Gasteiger partial charge is 0.0492 e. The molecule has 0 aromatic carbocycles. The monoisotopic (exact) mass is 216 g/mol. The molecule has 0 amide bonds. The highest BCUT2D eigenvalue weighted by Crippen LogP contribution is 2.08. The summed E-state index contributed by atoms with van der Waals surface area (Å²) in [6.07, 6.45) is 2.94. The van der Waals surface area contributed by atoms with Crippen LogP contribution in [0.25, 0.3) is 0 Å². The van der Waals surface area contributed by atoms with Crippen molar-refractivity contribution in [1.29, 1.82) is 0 Å². The Morgan fingerprint density at radius 3 is 2.91 bits per heavy atom. The first-order valence-electron chi connectivity index (χ1n) is 3.77. The van der Waals surface area contributed by atoms with Gasteiger partial charge in [0.05, 0.1) is 0 Å². The fourth-order valence-electron chi connectivity index (χ4n) is 1.01. The molecule has 0 saturated carbocycles. The zero-order valence-corrected chi connectivity index (χ0v) is 8.50. The second-order valence-corrected chi connectivity index (χ2v) is 3.56. The molecule has 2 nitrogen and oxygen atoms in total. The maximum atomic E-state index is 4.11. The van der Waals surface area contributed by atoms with E-state index in [1.54, 1.807) is 0 Å². The van der Waals surface area contributed by atoms with Gasteiger partial charge in [-0.3, -0.25) is 4.68 Å². The summed E-state index contributed by atoms with van der Waals surface area (Å²) in [5.74, 6) is 0.686. The number of aryl methyl sites for hydroxylation is 1. The average Bonchev–Trinajstić information content (AvgIpc) is 2.37. The molecule has 0 spiro atoms. The average molecular weight is 217 g/mol. The Morgan fingerprint density at radius 1 is 1.73 bits per heavy atom. The summed E-state index contributed by atoms with van der Waals surface area (Å²) in [4.78, 5) is 0. The van der Waals surface area contributed by atoms with Crippen LogP contribution in [0.5, 0.6) is 0 Å². The molecule has 1 aromatic rings. The van der Waals surface area contributed by atoms with Crippen molar-refractivity contribution < 1.29 is 0 Å². The maximum Gasteiger partial charge on any atom is 0.0492 e. The third-order valence-corrected chi connectivity index (χ3v) is 2.85. The second kappa shape index (κ2) is 3.90. The van der Waals surface area contributed by atoms with Crippen LogP contribution in [-0.4, -0.2) is 15.1 Å². The van der Waals surface area contributed by atoms with Gasteiger partial charge in [-0.1, -0.05) is 22.9 Å². The highest BCUT2D eigenvalue weighted by Gasteiger charge is 2.03. The molecule has 0 saturated heterocycles. The first-order valence-corrected chi connectivity index (χ1v) is 4.89. The van der Waals surface area contributed by atoms with E-state index in [0.29, 0.717) is 5.92 Å². The highest BCUT2D eigenvalue weighted by atomic mass is 79.9. The molecular formula is C8H13BrN2. The predicted molar refractivity (Wildman–Crippen MR) is 49.9 cm³/mol. The molecule has 1 aromatic heterocycles. The molecule has 1 heterocycles. The Labute approximate surface area is 75.7 Å². The standard InChI is InChI=1S/C8H13BrN2/c1-7(6-9)5-8-3-4-10-11(8)2/h3-4,7H,5-6H2,1-2H3. The van der Waals surface area contributed by atoms with Gasteiger partial charge >= 0.3 is 0 Å². The Morgan fingerprint density at radius 2 is 2.45 bits per heavy atom. The maximum absolute atomic E-state index is 4.11. The molecule has 1 unspecified atom stereocenters. The van der Waals surface area contributed by atoms with E-state index < -0.39 is 0 Å². The van der Waals surface area contributed by atoms with Gasteiger partial charge in [-0.25, -0.2) is 0 Å². The zero-order valence-electron chi connectivity index (χ0n) is 6.92. The molecular weight excluding hydrogens is 204 g/mol. The minimum absolute atomic E-state index is 0.686. The molecule has 3 heteroatoms. The van der Waals surface area contributed by atoms with Crippen LogP contribution in [0.1, 0.15) is 12.6 Å². The molecule has 0 bridgehead atoms. The lowest BCUT2D eigenvalue weighted by atomic mass is 10.1. The lowest BCUT2D eigenvalue weighted by molar-refractivity contribution is 0.606. The number of aromatic nitrogens is 2. The van der Waals surface area contributed by atoms with Crippen molar-refractivity contribution in [2.24, 2.45) is 13.0 Å². The summed E-state index contributed by atoms with van der Waals surface area (Å²) in [5.41, 5.74) is 1.30. The third-order valence-electron chi connectivity index (χ3n) is 1.74. The Balaban J connectivity index is 2.56. The van der Waals surface area contributed by atoms with E-state index in [1.807, 2.05) is 17.9 Å². The van der Waals surface area contributed by atoms with Crippen molar-refractivity contribution in [3.8, 4) is 0 Å². The molecule has 11 heavy (non-hydrogen) atoms. The second-order valence-electron chi connectivity index (χ2n) is 2.91. The molecule has 0 N–H and O–H groups in total. The van der Waals surface area contributed by atoms with E-state index >= 15 is 0 Å². The summed E-state index contributed by atoms with van der Waals surface area (Å²) in [7, 11) is 1.98. The summed E-state index contributed by atoms with van der Waals surface area (Å²) in [6, 6.07) is 2.07. The van der Waals surface area contributed by atoms with Crippen LogP contribution in [0.15, 0.2) is 12.3 Å². The van der Waals surface area contributed by atoms with Crippen molar-refractivity contribution in [1.82, 2.24) is 9.78 Å². The van der Waals surface area contributed by atoms with Crippen LogP contribution < -0.4 is 0 Å². The van der Waals surface area contributed by atoms with E-state index in [0.717, 1.165) is 11.8 Å². The topological polar surface area (TPSA) is 17.8 Å². The van der Waals surface area contributed by atoms with Crippen LogP contribution in [0, 0.1) is 5.92 Å². The Bertz CT molecular complexity index is 220. The summed E-state index contributed by atoms with van der Waals surface area (Å²) < 4.78 is 1.93. The predicted octanol–water partition coefficient (Wildman–Crippen LogP) is 1.99. The number of rotatable bonds is 3. The van der Waals surface area contributed by atoms with Crippen LogP contribution in [-0.2, 0) is 13.5 Å². The minimum Gasteiger partial charge on any atom is -0.273 e. The van der Waals surface area contributed by atoms with Crippen molar-refractivity contribution in [3.05, 3.63) is 18.0 Å². The van der Waals surface area contributed by atoms with E-state index in [2.05, 4.69) is 34.0 Å². The molecule has 1 atom stereocenters. The van der Waals surface area contributed by atoms with E-state index in [4.69, 9.17) is 0 Å². The van der Waals surface area contributed by atoms with Crippen LogP contribution >= 0.6 is 15.9 Å². The normalized spacial score (nSPS) is 13.4. The van der Waals surface area contributed by atoms with Gasteiger partial charge in [-0.05, 0) is 18.4 Å². The third kappa shape index (κ3) is 2.33. The number of halogens is 1. The molecule has 0 aliphatic heterocycles. The van der Waals surface area contributed by atoms with Gasteiger partial charge in [0, 0.05) is 24.3 Å². The minimum atomic E-state index is 0.686. The number of alkyl halides is 1. The van der Waals surface area contributed by atoms with Gasteiger partial charge in [0.15, 0.2) is 0 Å². The molecule has 0 radical (unpaired) electrons. The molecule has 62 valence electrons. The van der Waals surface area contributed by atoms with Crippen molar-refractivity contribution in [3.63, 3.8) is 0 Å². The summed E-state index contributed by atoms with van der Waals surface area (Å²) in [6.45, 7) is 2.22. The largest absolute Gasteiger partial charge is 0.273 e. The molecule has 0 fully saturated rings. The van der Waals surface area contributed by atoms with E-state index in [9.17, 15) is 0 Å². The van der Waals surface area contributed by atoms with E-state index in [-0.39, 0.29) is 0 Å². The van der Waals surface area contributed by atoms with Crippen molar-refractivity contribution in [2.45, 2.75) is 13.3 Å². The van der Waals surface area contributed by atoms with Crippen LogP contribution in [0.2, 0.25) is 0 Å². The van der Waals surface area contributed by atoms with Gasteiger partial charge in [0.25, 0.3) is 0 Å². The highest BCUT2D eigenvalue weighted by molar-refractivity contribution is 9.09. The Kier molecular flexibility index (Phi) is 3.12. The molecule has 0 aliphatic carbocycles. The SMILES string of the molecule is CC(CBr)Cc1ccnn1C. The Hall–Kier alpha value is -0.310. The first kappa shape index (κ1) is 8.78. The zero-order chi connectivity index (χ0) is 8.27. The van der Waals surface area contributed by atoms with Crippen molar-refractivity contribution in [2.75, 3.05) is 5.33 Å². The van der Waals surface area contributed by atoms with Gasteiger partial charge in [0.1, 0.15) is 0 Å². The first-order chi connectivity index (χ1) is 5.24. The van der Waals surface area contributed by atoms with Gasteiger partial charge in [-0.15, -0.1) is 0 Å². The van der Waals surface area contributed by atoms with E-state index in [1.165, 1.54) is 5.69 Å². The van der Waals surface area contributed by atoms with Gasteiger partial charge < -0.3 is 0 Å². The fourth-order valence-corrected chi connectivity index (χ4v) is 1.24. The van der Waals surface area contributed by atoms with Crippen LogP contribution in [0.4, 0.5) is 0 Å². The molecule has 0 aliphatic rings. The van der Waals surface area contributed by atoms with Gasteiger partial charge in [-0.2, -0.15) is 5.10 Å². The number of hydrogen-bond donors (Lipinski definition) is 0. The van der Waals surface area contributed by atoms with Crippen molar-refractivity contribution >= 4 is 15.9 Å². The molecule has 1 rings (SSSR count). The van der Waals surface area contributed by atoms with Crippen LogP contribution in [0.3, 0.4) is 0 Å². The van der Waals surface area contributed by atoms with Gasteiger partial charge in [0.2, 0.25) is 0 Å². The lowest BCUT2D eigenvalue weighted by Crippen LogP contribution is -2.05. The fraction of sp³-hybridized carbons (Fsp3) is 0.625. The number of nitrogens with zero attached hydrogens (tertiary/aromatic N) is 2. The lowest BCUT2D eigenvalue weighted by Gasteiger charge is -2.06. The number of hydrogen-bond acceptors (Lipinski definition) is 1.